The average molecular weight is 685 g/mol. The summed E-state index contributed by atoms with van der Waals surface area (Å²) in [7, 11) is 0. The van der Waals surface area contributed by atoms with Crippen LogP contribution in [0.5, 0.6) is 0 Å². The van der Waals surface area contributed by atoms with Gasteiger partial charge in [-0.1, -0.05) is 80.9 Å². The number of Topliss-reactive ketones (excluding diaryl/α,β-unsaturated/α-hetero) is 2. The van der Waals surface area contributed by atoms with Gasteiger partial charge in [-0.15, -0.1) is 22.7 Å². The van der Waals surface area contributed by atoms with E-state index in [-0.39, 0.29) is 22.5 Å². The molecule has 6 nitrogen and oxygen atoms in total. The highest BCUT2D eigenvalue weighted by Gasteiger charge is 2.63. The van der Waals surface area contributed by atoms with E-state index in [1.165, 1.54) is 17.5 Å². The highest BCUT2D eigenvalue weighted by atomic mass is 32.1. The van der Waals surface area contributed by atoms with Crippen molar-refractivity contribution >= 4 is 45.9 Å². The lowest BCUT2D eigenvalue weighted by Gasteiger charge is -2.50. The standard InChI is InChI=1S/C41H40N4O2S2/c1-3-40(24-12-7-5-8-13-24)32-28(43-35-33(40)48-23-42-35)20-39(22-30(32)47)18-26(39)37-45-36-34(49-37)41(4-2,25-14-9-6-10-15-25)31-27(44-36)19-38(16-11-17-38)21-29(31)46/h5-10,12-15,23,26,43-44H,3-4,11,16-22H2,1-2H3. The molecule has 2 saturated carbocycles. The molecule has 248 valence electrons. The van der Waals surface area contributed by atoms with E-state index < -0.39 is 10.8 Å². The van der Waals surface area contributed by atoms with Crippen molar-refractivity contribution < 1.29 is 9.59 Å². The molecule has 0 bridgehead atoms. The van der Waals surface area contributed by atoms with Crippen LogP contribution in [0.1, 0.15) is 110 Å². The van der Waals surface area contributed by atoms with E-state index in [1.54, 1.807) is 22.7 Å². The van der Waals surface area contributed by atoms with E-state index in [2.05, 4.69) is 79.1 Å². The molecule has 6 aliphatic rings. The molecule has 8 heteroatoms. The van der Waals surface area contributed by atoms with Gasteiger partial charge in [-0.2, -0.15) is 0 Å². The van der Waals surface area contributed by atoms with Gasteiger partial charge in [-0.25, -0.2) is 9.97 Å². The second-order valence-electron chi connectivity index (χ2n) is 15.5. The van der Waals surface area contributed by atoms with E-state index >= 15 is 0 Å². The molecular formula is C41H40N4O2S2. The largest absolute Gasteiger partial charge is 0.342 e. The van der Waals surface area contributed by atoms with Crippen molar-refractivity contribution in [1.82, 2.24) is 9.97 Å². The Morgan fingerprint density at radius 2 is 1.37 bits per heavy atom. The SMILES string of the molecule is CCC1(c2ccccc2)C2=C(CC3(CC2=O)CC3c2nc3c(s2)C(CC)(c2ccccc2)C2=C(CC4(CCC4)CC2=O)N3)Nc2ncsc21. The van der Waals surface area contributed by atoms with Crippen LogP contribution in [-0.4, -0.2) is 21.5 Å². The number of carbonyl (C=O) groups excluding carboxylic acids is 2. The Morgan fingerprint density at radius 1 is 0.755 bits per heavy atom. The van der Waals surface area contributed by atoms with Crippen LogP contribution in [0.25, 0.3) is 0 Å². The highest BCUT2D eigenvalue weighted by Crippen LogP contribution is 2.70. The van der Waals surface area contributed by atoms with Crippen LogP contribution in [0.4, 0.5) is 11.6 Å². The van der Waals surface area contributed by atoms with E-state index in [0.717, 1.165) is 93.9 Å². The monoisotopic (exact) mass is 684 g/mol. The van der Waals surface area contributed by atoms with E-state index in [9.17, 15) is 9.59 Å². The van der Waals surface area contributed by atoms with Crippen molar-refractivity contribution in [3.05, 3.63) is 115 Å². The Kier molecular flexibility index (Phi) is 6.32. The minimum Gasteiger partial charge on any atom is -0.342 e. The predicted octanol–water partition coefficient (Wildman–Crippen LogP) is 9.42. The minimum absolute atomic E-state index is 0.113. The first-order valence-corrected chi connectivity index (χ1v) is 19.7. The number of carbonyl (C=O) groups is 2. The molecular weight excluding hydrogens is 645 g/mol. The number of benzene rings is 2. The zero-order valence-corrected chi connectivity index (χ0v) is 29.7. The summed E-state index contributed by atoms with van der Waals surface area (Å²) in [6, 6.07) is 21.2. The number of ketones is 2. The first kappa shape index (κ1) is 30.0. The van der Waals surface area contributed by atoms with Crippen LogP contribution < -0.4 is 10.6 Å². The number of allylic oxidation sites excluding steroid dienone is 4. The van der Waals surface area contributed by atoms with Gasteiger partial charge in [0.15, 0.2) is 11.6 Å². The number of rotatable bonds is 5. The maximum Gasteiger partial charge on any atom is 0.162 e. The molecule has 2 aliphatic heterocycles. The summed E-state index contributed by atoms with van der Waals surface area (Å²) in [5, 5.41) is 8.54. The second-order valence-corrected chi connectivity index (χ2v) is 17.4. The van der Waals surface area contributed by atoms with Crippen molar-refractivity contribution in [3.8, 4) is 0 Å². The van der Waals surface area contributed by atoms with Gasteiger partial charge in [-0.05, 0) is 66.9 Å². The quantitative estimate of drug-likeness (QED) is 0.218. The average Bonchev–Trinajstić information content (AvgIpc) is 3.39. The van der Waals surface area contributed by atoms with Crippen LogP contribution in [-0.2, 0) is 20.4 Å². The topological polar surface area (TPSA) is 84.0 Å². The Bertz CT molecular complexity index is 2130. The molecule has 2 fully saturated rings. The van der Waals surface area contributed by atoms with Crippen LogP contribution in [0.15, 0.2) is 88.7 Å². The van der Waals surface area contributed by atoms with Gasteiger partial charge in [0.05, 0.1) is 31.1 Å². The maximum absolute atomic E-state index is 14.6. The van der Waals surface area contributed by atoms with Crippen molar-refractivity contribution in [1.29, 1.82) is 0 Å². The number of nitrogens with zero attached hydrogens (tertiary/aromatic N) is 2. The Balaban J connectivity index is 1.05. The lowest BCUT2D eigenvalue weighted by molar-refractivity contribution is -0.121. The van der Waals surface area contributed by atoms with Gasteiger partial charge in [0.1, 0.15) is 11.6 Å². The van der Waals surface area contributed by atoms with Crippen LogP contribution >= 0.6 is 22.7 Å². The molecule has 10 rings (SSSR count). The maximum atomic E-state index is 14.6. The molecule has 2 aromatic heterocycles. The van der Waals surface area contributed by atoms with Crippen molar-refractivity contribution in [2.24, 2.45) is 10.8 Å². The van der Waals surface area contributed by atoms with Gasteiger partial charge >= 0.3 is 0 Å². The summed E-state index contributed by atoms with van der Waals surface area (Å²) in [5.74, 6) is 2.58. The summed E-state index contributed by atoms with van der Waals surface area (Å²) >= 11 is 3.43. The third-order valence-electron chi connectivity index (χ3n) is 13.2. The number of thiazole rings is 2. The molecule has 4 atom stereocenters. The number of hydrogen-bond donors (Lipinski definition) is 2. The molecule has 2 spiro atoms. The second kappa shape index (κ2) is 10.3. The van der Waals surface area contributed by atoms with Crippen molar-refractivity contribution in [2.75, 3.05) is 10.6 Å². The Morgan fingerprint density at radius 3 is 2.00 bits per heavy atom. The van der Waals surface area contributed by atoms with Crippen molar-refractivity contribution in [2.45, 2.75) is 94.8 Å². The highest BCUT2D eigenvalue weighted by molar-refractivity contribution is 7.12. The van der Waals surface area contributed by atoms with E-state index in [1.807, 2.05) is 11.6 Å². The zero-order chi connectivity index (χ0) is 33.2. The van der Waals surface area contributed by atoms with Gasteiger partial charge < -0.3 is 10.6 Å². The van der Waals surface area contributed by atoms with Crippen molar-refractivity contribution in [3.63, 3.8) is 0 Å². The Hall–Kier alpha value is -3.88. The van der Waals surface area contributed by atoms with Gasteiger partial charge in [0.2, 0.25) is 0 Å². The number of nitrogens with one attached hydrogen (secondary N) is 2. The molecule has 4 unspecified atom stereocenters. The third kappa shape index (κ3) is 3.93. The van der Waals surface area contributed by atoms with E-state index in [4.69, 9.17) is 9.97 Å². The lowest BCUT2D eigenvalue weighted by Crippen LogP contribution is -2.46. The number of aromatic nitrogens is 2. The third-order valence-corrected chi connectivity index (χ3v) is 15.5. The van der Waals surface area contributed by atoms with Crippen LogP contribution in [0, 0.1) is 10.8 Å². The molecule has 4 aliphatic carbocycles. The lowest BCUT2D eigenvalue weighted by atomic mass is 9.56. The van der Waals surface area contributed by atoms with Gasteiger partial charge in [0, 0.05) is 41.3 Å². The fourth-order valence-electron chi connectivity index (χ4n) is 10.6. The predicted molar refractivity (Wildman–Crippen MR) is 195 cm³/mol. The number of fused-ring (bicyclic) bond motifs is 2. The molecule has 0 radical (unpaired) electrons. The summed E-state index contributed by atoms with van der Waals surface area (Å²) in [4.78, 5) is 41.3. The summed E-state index contributed by atoms with van der Waals surface area (Å²) < 4.78 is 0. The summed E-state index contributed by atoms with van der Waals surface area (Å²) in [6.07, 6.45) is 8.95. The molecule has 0 amide bonds. The molecule has 4 heterocycles. The molecule has 2 aromatic carbocycles. The normalized spacial score (nSPS) is 30.6. The minimum atomic E-state index is -0.516. The first-order valence-electron chi connectivity index (χ1n) is 18.0. The van der Waals surface area contributed by atoms with Gasteiger partial charge in [0.25, 0.3) is 0 Å². The zero-order valence-electron chi connectivity index (χ0n) is 28.0. The summed E-state index contributed by atoms with van der Waals surface area (Å²) in [6.45, 7) is 4.43. The number of hydrogen-bond acceptors (Lipinski definition) is 8. The van der Waals surface area contributed by atoms with Crippen LogP contribution in [0.2, 0.25) is 0 Å². The molecule has 4 aromatic rings. The molecule has 2 N–H and O–H groups in total. The molecule has 0 saturated heterocycles. The van der Waals surface area contributed by atoms with Crippen LogP contribution in [0.3, 0.4) is 0 Å². The molecule has 49 heavy (non-hydrogen) atoms. The fraction of sp³-hybridized carbons (Fsp3) is 0.415. The van der Waals surface area contributed by atoms with Gasteiger partial charge in [-0.3, -0.25) is 9.59 Å². The first-order chi connectivity index (χ1) is 23.9. The fourth-order valence-corrected chi connectivity index (χ4v) is 13.2. The summed E-state index contributed by atoms with van der Waals surface area (Å²) in [5.41, 5.74) is 7.25. The number of anilines is 2. The smallest absolute Gasteiger partial charge is 0.162 e. The Labute approximate surface area is 295 Å². The van der Waals surface area contributed by atoms with E-state index in [0.29, 0.717) is 18.6 Å².